The maximum absolute atomic E-state index is 18.2. The molecule has 0 saturated carbocycles. The first kappa shape index (κ1) is 63.6. The van der Waals surface area contributed by atoms with Crippen molar-refractivity contribution >= 4 is 102 Å². The van der Waals surface area contributed by atoms with Gasteiger partial charge in [-0.3, -0.25) is 66.8 Å². The number of nitro groups is 2. The van der Waals surface area contributed by atoms with Crippen LogP contribution in [0.5, 0.6) is 0 Å². The number of carbonyl (C=O) groups is 2. The number of anilines is 2. The van der Waals surface area contributed by atoms with Crippen LogP contribution in [0.15, 0.2) is 147 Å². The van der Waals surface area contributed by atoms with Crippen LogP contribution in [-0.2, 0) is 52.6 Å². The van der Waals surface area contributed by atoms with Crippen LogP contribution in [-0.4, -0.2) is 132 Å². The molecule has 10 atom stereocenters. The van der Waals surface area contributed by atoms with Gasteiger partial charge < -0.3 is 13.9 Å². The Balaban J connectivity index is 1.07. The third kappa shape index (κ3) is 12.9. The summed E-state index contributed by atoms with van der Waals surface area (Å²) < 4.78 is 100. The summed E-state index contributed by atoms with van der Waals surface area (Å²) in [7, 11) is -3.05. The first-order chi connectivity index (χ1) is 43.6. The van der Waals surface area contributed by atoms with Crippen LogP contribution >= 0.6 is 36.4 Å². The van der Waals surface area contributed by atoms with Gasteiger partial charge in [-0.05, 0) is 65.2 Å². The molecule has 474 valence electrons. The van der Waals surface area contributed by atoms with E-state index in [-0.39, 0.29) is 92.2 Å². The fourth-order valence-corrected chi connectivity index (χ4v) is 18.7. The number of para-hydroxylation sites is 2. The lowest BCUT2D eigenvalue weighted by Crippen LogP contribution is -2.50. The van der Waals surface area contributed by atoms with Crippen LogP contribution < -0.4 is 9.80 Å². The summed E-state index contributed by atoms with van der Waals surface area (Å²) in [6, 6.07) is 28.4. The Labute approximate surface area is 528 Å². The maximum atomic E-state index is 18.2. The molecule has 0 aliphatic carbocycles. The topological polar surface area (TPSA) is 313 Å². The second-order valence-corrected chi connectivity index (χ2v) is 35.7. The van der Waals surface area contributed by atoms with Crippen molar-refractivity contribution in [3.63, 3.8) is 0 Å². The summed E-state index contributed by atoms with van der Waals surface area (Å²) >= 11 is 1.11. The van der Waals surface area contributed by atoms with E-state index in [1.54, 1.807) is 84.9 Å². The van der Waals surface area contributed by atoms with Crippen LogP contribution in [0.3, 0.4) is 0 Å². The van der Waals surface area contributed by atoms with Crippen molar-refractivity contribution < 1.29 is 65.0 Å². The van der Waals surface area contributed by atoms with Crippen LogP contribution in [0.2, 0.25) is 18.1 Å². The lowest BCUT2D eigenvalue weighted by Gasteiger charge is -2.40. The molecule has 3 saturated heterocycles. The molecule has 4 aromatic heterocycles. The molecule has 33 heteroatoms. The van der Waals surface area contributed by atoms with Crippen molar-refractivity contribution in [3.05, 3.63) is 189 Å². The average molecular weight is 1340 g/mol. The molecule has 27 nitrogen and oxygen atoms in total. The van der Waals surface area contributed by atoms with Gasteiger partial charge in [0.25, 0.3) is 23.2 Å². The molecule has 91 heavy (non-hydrogen) atoms. The zero-order valence-electron chi connectivity index (χ0n) is 49.3. The number of amides is 2. The second-order valence-electron chi connectivity index (χ2n) is 22.9. The summed E-state index contributed by atoms with van der Waals surface area (Å²) in [5, 5.41) is 24.3. The summed E-state index contributed by atoms with van der Waals surface area (Å²) in [6.07, 6.45) is -5.10. The monoisotopic (exact) mass is 1340 g/mol. The number of hydrogen-bond donors (Lipinski definition) is 0. The van der Waals surface area contributed by atoms with E-state index in [1.807, 2.05) is 33.9 Å². The molecule has 8 heterocycles. The number of carbonyl (C=O) groups excluding carboxylic acids is 2. The van der Waals surface area contributed by atoms with E-state index in [2.05, 4.69) is 24.9 Å². The van der Waals surface area contributed by atoms with Crippen molar-refractivity contribution in [1.82, 2.24) is 39.0 Å². The maximum Gasteiger partial charge on any atom is 0.390 e. The van der Waals surface area contributed by atoms with Gasteiger partial charge in [0, 0.05) is 59.0 Å². The summed E-state index contributed by atoms with van der Waals surface area (Å²) in [6.45, 7) is -1.78. The first-order valence-corrected chi connectivity index (χ1v) is 37.7. The number of benzene rings is 4. The van der Waals surface area contributed by atoms with Gasteiger partial charge in [0.1, 0.15) is 43.2 Å². The third-order valence-corrected chi connectivity index (χ3v) is 28.0. The third-order valence-electron chi connectivity index (χ3n) is 16.2. The molecule has 3 fully saturated rings. The van der Waals surface area contributed by atoms with Crippen LogP contribution in [0, 0.1) is 20.2 Å². The molecule has 0 N–H and O–H groups in total. The van der Waals surface area contributed by atoms with E-state index in [9.17, 15) is 29.8 Å². The van der Waals surface area contributed by atoms with Crippen molar-refractivity contribution in [2.45, 2.75) is 99.6 Å². The lowest BCUT2D eigenvalue weighted by molar-refractivity contribution is -0.385. The first-order valence-electron chi connectivity index (χ1n) is 28.6. The van der Waals surface area contributed by atoms with Gasteiger partial charge in [0.05, 0.1) is 35.7 Å². The molecule has 8 aromatic rings. The van der Waals surface area contributed by atoms with Crippen molar-refractivity contribution in [2.24, 2.45) is 0 Å². The molecule has 0 radical (unpaired) electrons. The molecule has 12 bridgehead atoms. The molecular formula is C58H59FN12O15P2S2Si. The number of nitrogens with zero attached hydrogens (tertiary/aromatic N) is 12. The minimum absolute atomic E-state index is 0.00588. The predicted molar refractivity (Wildman–Crippen MR) is 336 cm³/mol. The molecule has 4 aliphatic heterocycles. The fourth-order valence-electron chi connectivity index (χ4n) is 10.6. The van der Waals surface area contributed by atoms with E-state index >= 15 is 13.5 Å². The molecule has 2 amide bonds. The van der Waals surface area contributed by atoms with E-state index in [0.29, 0.717) is 22.8 Å². The minimum atomic E-state index is -4.89. The number of rotatable bonds is 12. The number of fused-ring (bicyclic) bond motifs is 7. The Hall–Kier alpha value is -7.51. The number of hydrogen-bond acceptors (Lipinski definition) is 23. The van der Waals surface area contributed by atoms with Crippen molar-refractivity contribution in [2.75, 3.05) is 36.1 Å². The van der Waals surface area contributed by atoms with E-state index in [1.165, 1.54) is 74.3 Å². The smallest absolute Gasteiger partial charge is 0.390 e. The standard InChI is InChI=1S/C58H59FN12O15P2S2Si/c1-58(2,3)91(4,5)86-48-43-29-81-87(78,89-30-38-22-12-14-24-40(38)70(74)75)84-47-42-28-80-88(79,90-31-39-23-13-15-25-41(39)71(76)77)85-49(48)57(83-43)69-35-65-46-51(61-33-63-53(46)69)67(55(73)37-20-10-7-11-21-37)27-17-16-26-66(54(72)36-18-8-6-9-19-36)50-45-52(62-32-60-50)68(34-64-45)56(82-42)44(47)59/h6-25,32-35,42-44,47-49,56-57H,26-31H2,1-5H3/b17-16+/t42-,43-,44-,47-,48-,49-,56?,57-,87-,88-/m1/s1. The molecule has 12 rings (SSSR count). The highest BCUT2D eigenvalue weighted by molar-refractivity contribution is 8.55. The normalized spacial score (nSPS) is 26.0. The lowest BCUT2D eigenvalue weighted by atomic mass is 10.1. The van der Waals surface area contributed by atoms with Gasteiger partial charge in [-0.2, -0.15) is 0 Å². The van der Waals surface area contributed by atoms with Crippen LogP contribution in [0.4, 0.5) is 27.4 Å². The van der Waals surface area contributed by atoms with Gasteiger partial charge in [0.15, 0.2) is 60.9 Å². The van der Waals surface area contributed by atoms with Gasteiger partial charge >= 0.3 is 13.6 Å². The van der Waals surface area contributed by atoms with E-state index in [0.717, 1.165) is 6.33 Å². The highest BCUT2D eigenvalue weighted by atomic mass is 32.7. The highest BCUT2D eigenvalue weighted by Gasteiger charge is 2.57. The molecular weight excluding hydrogens is 1280 g/mol. The van der Waals surface area contributed by atoms with Gasteiger partial charge in [0.2, 0.25) is 0 Å². The van der Waals surface area contributed by atoms with E-state index in [4.69, 9.17) is 37.0 Å². The summed E-state index contributed by atoms with van der Waals surface area (Å²) in [5.41, 5.74) is 0.302. The van der Waals surface area contributed by atoms with Gasteiger partial charge in [-0.1, -0.05) is 106 Å². The highest BCUT2D eigenvalue weighted by Crippen LogP contribution is 2.68. The Morgan fingerprint density at radius 1 is 0.637 bits per heavy atom. The van der Waals surface area contributed by atoms with Crippen molar-refractivity contribution in [3.8, 4) is 0 Å². The predicted octanol–water partition coefficient (Wildman–Crippen LogP) is 11.8. The number of imidazole rings is 2. The quantitative estimate of drug-likeness (QED) is 0.0361. The number of alkyl halides is 1. The Morgan fingerprint density at radius 2 is 1.08 bits per heavy atom. The molecule has 4 aromatic carbocycles. The molecule has 4 aliphatic rings. The SMILES string of the molecule is CC(C)(C)[Si](C)(C)O[C@H]1[C@H]2O[P@](=O)(SCc3ccccc3[N+](=O)[O-])OC[C@H]3OC4[C@H](F)[C@@H]3O[P@](=O)(SCc3ccccc3[N+](=O)[O-])OC[C@H]1O[C@H]2n1cnc2c(ncnc21)N(C(=O)c1ccccc1)C/C=C/CN(C(=O)c1ccccc1)c1ncnc2c1ncn24. The Morgan fingerprint density at radius 3 is 1.56 bits per heavy atom. The fraction of sp³-hybridized carbons (Fsp3) is 0.345. The van der Waals surface area contributed by atoms with Gasteiger partial charge in [-0.15, -0.1) is 0 Å². The second kappa shape index (κ2) is 25.9. The largest absolute Gasteiger partial charge is 0.408 e. The minimum Gasteiger partial charge on any atom is -0.408 e. The van der Waals surface area contributed by atoms with E-state index < -0.39 is 111 Å². The number of ether oxygens (including phenoxy) is 2. The zero-order chi connectivity index (χ0) is 64.0. The van der Waals surface area contributed by atoms with Crippen LogP contribution in [0.25, 0.3) is 22.3 Å². The summed E-state index contributed by atoms with van der Waals surface area (Å²) in [5.74, 6) is -1.72. The van der Waals surface area contributed by atoms with Gasteiger partial charge in [-0.25, -0.2) is 43.4 Å². The molecule has 1 unspecified atom stereocenters. The average Bonchev–Trinajstić information content (AvgIpc) is 1.63. The van der Waals surface area contributed by atoms with Crippen LogP contribution in [0.1, 0.15) is 65.1 Å². The molecule has 0 spiro atoms. The number of nitro benzene ring substituents is 2. The van der Waals surface area contributed by atoms with Crippen molar-refractivity contribution in [1.29, 1.82) is 0 Å². The number of aromatic nitrogens is 8. The summed E-state index contributed by atoms with van der Waals surface area (Å²) in [4.78, 5) is 83.8. The Kier molecular flexibility index (Phi) is 18.1. The zero-order valence-corrected chi connectivity index (χ0v) is 53.7. The number of halogens is 1. The Bertz CT molecular complexity index is 4210.